The highest BCUT2D eigenvalue weighted by molar-refractivity contribution is 6.07. The smallest absolute Gasteiger partial charge is 0.0465 e. The van der Waals surface area contributed by atoms with Gasteiger partial charge in [0, 0.05) is 54.5 Å². The Bertz CT molecular complexity index is 748. The van der Waals surface area contributed by atoms with Gasteiger partial charge in [0.25, 0.3) is 0 Å². The molecule has 0 aliphatic carbocycles. The van der Waals surface area contributed by atoms with Crippen molar-refractivity contribution in [3.8, 4) is 0 Å². The van der Waals surface area contributed by atoms with Crippen molar-refractivity contribution in [1.82, 2.24) is 15.2 Å². The summed E-state index contributed by atoms with van der Waals surface area (Å²) < 4.78 is 0. The van der Waals surface area contributed by atoms with E-state index in [4.69, 9.17) is 0 Å². The summed E-state index contributed by atoms with van der Waals surface area (Å²) in [5.41, 5.74) is 3.86. The minimum absolute atomic E-state index is 0. The molecule has 0 spiro atoms. The number of fused-ring (bicyclic) bond motifs is 3. The number of halogens is 2. The number of nitrogens with one attached hydrogen (secondary N) is 2. The third-order valence-corrected chi connectivity index (χ3v) is 4.19. The fourth-order valence-corrected chi connectivity index (χ4v) is 3.12. The number of hydrogen-bond acceptors (Lipinski definition) is 2. The molecule has 0 saturated carbocycles. The lowest BCUT2D eigenvalue weighted by molar-refractivity contribution is 0.233. The first-order valence-electron chi connectivity index (χ1n) is 7.32. The number of piperazine rings is 1. The van der Waals surface area contributed by atoms with Crippen LogP contribution in [-0.2, 0) is 6.54 Å². The highest BCUT2D eigenvalue weighted by Crippen LogP contribution is 2.26. The van der Waals surface area contributed by atoms with Crippen molar-refractivity contribution in [3.05, 3.63) is 48.0 Å². The molecular formula is C17H21Cl2N3. The Morgan fingerprint density at radius 1 is 0.864 bits per heavy atom. The molecule has 0 unspecified atom stereocenters. The van der Waals surface area contributed by atoms with Crippen molar-refractivity contribution in [2.45, 2.75) is 6.54 Å². The van der Waals surface area contributed by atoms with E-state index >= 15 is 0 Å². The van der Waals surface area contributed by atoms with Crippen LogP contribution in [0.2, 0.25) is 0 Å². The summed E-state index contributed by atoms with van der Waals surface area (Å²) in [6.45, 7) is 5.56. The first kappa shape index (κ1) is 17.1. The maximum atomic E-state index is 3.49. The summed E-state index contributed by atoms with van der Waals surface area (Å²) in [4.78, 5) is 6.01. The molecule has 1 aliphatic heterocycles. The van der Waals surface area contributed by atoms with Crippen LogP contribution in [0, 0.1) is 0 Å². The Kier molecular flexibility index (Phi) is 5.70. The molecule has 5 heteroatoms. The molecule has 0 bridgehead atoms. The number of aromatic amines is 1. The van der Waals surface area contributed by atoms with Crippen LogP contribution >= 0.6 is 24.8 Å². The Morgan fingerprint density at radius 3 is 2.41 bits per heavy atom. The standard InChI is InChI=1S/C17H19N3.2ClH/c1-2-4-16-14(3-1)15-11-13(5-6-17(15)19-16)12-20-9-7-18-8-10-20;;/h1-6,11,18-19H,7-10,12H2;2*1H. The van der Waals surface area contributed by atoms with Gasteiger partial charge in [-0.15, -0.1) is 24.8 Å². The number of aromatic nitrogens is 1. The van der Waals surface area contributed by atoms with Crippen molar-refractivity contribution >= 4 is 46.6 Å². The van der Waals surface area contributed by atoms with Gasteiger partial charge in [0.1, 0.15) is 0 Å². The molecule has 0 radical (unpaired) electrons. The van der Waals surface area contributed by atoms with Gasteiger partial charge in [-0.1, -0.05) is 24.3 Å². The van der Waals surface area contributed by atoms with Crippen LogP contribution in [-0.4, -0.2) is 36.1 Å². The average molecular weight is 338 g/mol. The molecule has 0 atom stereocenters. The Hall–Kier alpha value is -1.26. The lowest BCUT2D eigenvalue weighted by Gasteiger charge is -2.27. The number of nitrogens with zero attached hydrogens (tertiary/aromatic N) is 1. The highest BCUT2D eigenvalue weighted by Gasteiger charge is 2.11. The second kappa shape index (κ2) is 7.34. The lowest BCUT2D eigenvalue weighted by Crippen LogP contribution is -2.42. The average Bonchev–Trinajstić information content (AvgIpc) is 2.86. The quantitative estimate of drug-likeness (QED) is 0.748. The minimum Gasteiger partial charge on any atom is -0.355 e. The van der Waals surface area contributed by atoms with Crippen LogP contribution in [0.1, 0.15) is 5.56 Å². The van der Waals surface area contributed by atoms with Gasteiger partial charge in [-0.05, 0) is 23.8 Å². The first-order valence-corrected chi connectivity index (χ1v) is 7.32. The molecule has 1 aliphatic rings. The van der Waals surface area contributed by atoms with Crippen molar-refractivity contribution in [2.75, 3.05) is 26.2 Å². The van der Waals surface area contributed by atoms with Gasteiger partial charge in [0.15, 0.2) is 0 Å². The third-order valence-electron chi connectivity index (χ3n) is 4.19. The molecule has 22 heavy (non-hydrogen) atoms. The van der Waals surface area contributed by atoms with Crippen LogP contribution in [0.4, 0.5) is 0 Å². The van der Waals surface area contributed by atoms with E-state index in [9.17, 15) is 0 Å². The van der Waals surface area contributed by atoms with Gasteiger partial charge in [-0.2, -0.15) is 0 Å². The van der Waals surface area contributed by atoms with E-state index in [1.807, 2.05) is 0 Å². The molecule has 2 heterocycles. The zero-order chi connectivity index (χ0) is 13.4. The van der Waals surface area contributed by atoms with Crippen molar-refractivity contribution < 1.29 is 0 Å². The van der Waals surface area contributed by atoms with E-state index in [2.05, 4.69) is 57.7 Å². The van der Waals surface area contributed by atoms with E-state index < -0.39 is 0 Å². The Labute approximate surface area is 142 Å². The fourth-order valence-electron chi connectivity index (χ4n) is 3.12. The zero-order valence-corrected chi connectivity index (χ0v) is 14.0. The Morgan fingerprint density at radius 2 is 1.59 bits per heavy atom. The number of hydrogen-bond donors (Lipinski definition) is 2. The van der Waals surface area contributed by atoms with Crippen molar-refractivity contribution in [1.29, 1.82) is 0 Å². The second-order valence-electron chi connectivity index (χ2n) is 5.58. The predicted octanol–water partition coefficient (Wildman–Crippen LogP) is 3.57. The highest BCUT2D eigenvalue weighted by atomic mass is 35.5. The SMILES string of the molecule is Cl.Cl.c1ccc2c(c1)[nH]c1ccc(CN3CCNCC3)cc12. The van der Waals surface area contributed by atoms with E-state index in [1.54, 1.807) is 0 Å². The summed E-state index contributed by atoms with van der Waals surface area (Å²) in [5, 5.41) is 6.07. The number of benzene rings is 2. The maximum Gasteiger partial charge on any atom is 0.0465 e. The summed E-state index contributed by atoms with van der Waals surface area (Å²) in [6.07, 6.45) is 0. The lowest BCUT2D eigenvalue weighted by atomic mass is 10.1. The summed E-state index contributed by atoms with van der Waals surface area (Å²) >= 11 is 0. The first-order chi connectivity index (χ1) is 9.90. The van der Waals surface area contributed by atoms with Gasteiger partial charge >= 0.3 is 0 Å². The van der Waals surface area contributed by atoms with E-state index in [1.165, 1.54) is 27.4 Å². The molecule has 3 nitrogen and oxygen atoms in total. The van der Waals surface area contributed by atoms with E-state index in [0.29, 0.717) is 0 Å². The number of rotatable bonds is 2. The van der Waals surface area contributed by atoms with Gasteiger partial charge in [-0.25, -0.2) is 0 Å². The summed E-state index contributed by atoms with van der Waals surface area (Å²) in [5.74, 6) is 0. The summed E-state index contributed by atoms with van der Waals surface area (Å²) in [6, 6.07) is 15.3. The largest absolute Gasteiger partial charge is 0.355 e. The van der Waals surface area contributed by atoms with Crippen LogP contribution in [0.25, 0.3) is 21.8 Å². The van der Waals surface area contributed by atoms with Gasteiger partial charge in [0.05, 0.1) is 0 Å². The van der Waals surface area contributed by atoms with Gasteiger partial charge in [-0.3, -0.25) is 4.90 Å². The Balaban J connectivity index is 0.000000882. The molecule has 2 N–H and O–H groups in total. The van der Waals surface area contributed by atoms with Crippen LogP contribution < -0.4 is 5.32 Å². The second-order valence-corrected chi connectivity index (χ2v) is 5.58. The molecule has 1 aromatic heterocycles. The van der Waals surface area contributed by atoms with Gasteiger partial charge in [0.2, 0.25) is 0 Å². The van der Waals surface area contributed by atoms with E-state index in [-0.39, 0.29) is 24.8 Å². The molecule has 2 aromatic carbocycles. The normalized spacial score (nSPS) is 15.5. The zero-order valence-electron chi connectivity index (χ0n) is 12.3. The van der Waals surface area contributed by atoms with Crippen LogP contribution in [0.15, 0.2) is 42.5 Å². The van der Waals surface area contributed by atoms with Crippen LogP contribution in [0.5, 0.6) is 0 Å². The molecule has 118 valence electrons. The molecule has 1 saturated heterocycles. The monoisotopic (exact) mass is 337 g/mol. The number of H-pyrrole nitrogens is 1. The molecule has 0 amide bonds. The van der Waals surface area contributed by atoms with Gasteiger partial charge < -0.3 is 10.3 Å². The van der Waals surface area contributed by atoms with Crippen molar-refractivity contribution in [2.24, 2.45) is 0 Å². The van der Waals surface area contributed by atoms with E-state index in [0.717, 1.165) is 32.7 Å². The molecule has 4 rings (SSSR count). The fraction of sp³-hybridized carbons (Fsp3) is 0.294. The summed E-state index contributed by atoms with van der Waals surface area (Å²) in [7, 11) is 0. The van der Waals surface area contributed by atoms with Crippen LogP contribution in [0.3, 0.4) is 0 Å². The molecule has 1 fully saturated rings. The predicted molar refractivity (Wildman–Crippen MR) is 98.4 cm³/mol. The topological polar surface area (TPSA) is 31.1 Å². The number of para-hydroxylation sites is 1. The third kappa shape index (κ3) is 3.23. The minimum atomic E-state index is 0. The molecule has 3 aromatic rings. The molecular weight excluding hydrogens is 317 g/mol. The maximum absolute atomic E-state index is 3.49. The van der Waals surface area contributed by atoms with Crippen molar-refractivity contribution in [3.63, 3.8) is 0 Å².